The highest BCUT2D eigenvalue weighted by molar-refractivity contribution is 7.11. The lowest BCUT2D eigenvalue weighted by Gasteiger charge is -2.13. The van der Waals surface area contributed by atoms with Gasteiger partial charge in [-0.25, -0.2) is 4.98 Å². The van der Waals surface area contributed by atoms with Gasteiger partial charge in [0.25, 0.3) is 0 Å². The first-order valence-electron chi connectivity index (χ1n) is 7.08. The molecule has 1 aliphatic rings. The van der Waals surface area contributed by atoms with Gasteiger partial charge in [-0.2, -0.15) is 0 Å². The van der Waals surface area contributed by atoms with Crippen molar-refractivity contribution < 1.29 is 9.52 Å². The van der Waals surface area contributed by atoms with Gasteiger partial charge in [-0.05, 0) is 32.7 Å². The molecule has 2 aromatic heterocycles. The van der Waals surface area contributed by atoms with Crippen LogP contribution in [0.5, 0.6) is 5.75 Å². The van der Waals surface area contributed by atoms with E-state index in [9.17, 15) is 9.90 Å². The second-order valence-electron chi connectivity index (χ2n) is 5.45. The molecule has 1 N–H and O–H groups in total. The van der Waals surface area contributed by atoms with Gasteiger partial charge in [0.2, 0.25) is 5.43 Å². The van der Waals surface area contributed by atoms with Crippen LogP contribution in [0.4, 0.5) is 0 Å². The van der Waals surface area contributed by atoms with Crippen molar-refractivity contribution in [2.45, 2.75) is 38.8 Å². The average Bonchev–Trinajstić information content (AvgIpc) is 2.84. The molecule has 0 atom stereocenters. The average molecular weight is 306 g/mol. The van der Waals surface area contributed by atoms with Crippen LogP contribution in [0, 0.1) is 0 Å². The SMILES string of the molecule is CN(Cc1cc(=O)c(O)co1)Cc1nc2c(s1)CCCC2. The number of thiazole rings is 1. The molecule has 6 heteroatoms. The Morgan fingerprint density at radius 1 is 1.38 bits per heavy atom. The molecule has 0 unspecified atom stereocenters. The Hall–Kier alpha value is -1.66. The maximum atomic E-state index is 11.4. The summed E-state index contributed by atoms with van der Waals surface area (Å²) in [6, 6.07) is 1.33. The van der Waals surface area contributed by atoms with Crippen molar-refractivity contribution in [3.8, 4) is 5.75 Å². The summed E-state index contributed by atoms with van der Waals surface area (Å²) in [6.07, 6.45) is 5.85. The number of rotatable bonds is 4. The standard InChI is InChI=1S/C15H18N2O3S/c1-17(7-10-6-12(18)13(19)9-20-10)8-15-16-11-4-2-3-5-14(11)21-15/h6,9,19H,2-5,7-8H2,1H3. The van der Waals surface area contributed by atoms with Gasteiger partial charge in [-0.15, -0.1) is 11.3 Å². The van der Waals surface area contributed by atoms with Gasteiger partial charge in [0.15, 0.2) is 5.75 Å². The minimum Gasteiger partial charge on any atom is -0.502 e. The van der Waals surface area contributed by atoms with E-state index in [2.05, 4.69) is 4.90 Å². The zero-order valence-electron chi connectivity index (χ0n) is 12.0. The Morgan fingerprint density at radius 2 is 2.19 bits per heavy atom. The van der Waals surface area contributed by atoms with Crippen LogP contribution in [0.3, 0.4) is 0 Å². The predicted molar refractivity (Wildman–Crippen MR) is 80.6 cm³/mol. The van der Waals surface area contributed by atoms with Crippen LogP contribution in [0.25, 0.3) is 0 Å². The smallest absolute Gasteiger partial charge is 0.226 e. The summed E-state index contributed by atoms with van der Waals surface area (Å²) < 4.78 is 5.22. The van der Waals surface area contributed by atoms with Crippen molar-refractivity contribution >= 4 is 11.3 Å². The van der Waals surface area contributed by atoms with Crippen molar-refractivity contribution in [2.75, 3.05) is 7.05 Å². The molecule has 0 spiro atoms. The largest absolute Gasteiger partial charge is 0.502 e. The van der Waals surface area contributed by atoms with Crippen LogP contribution >= 0.6 is 11.3 Å². The van der Waals surface area contributed by atoms with E-state index in [1.165, 1.54) is 29.5 Å². The fourth-order valence-electron chi connectivity index (χ4n) is 2.55. The summed E-state index contributed by atoms with van der Waals surface area (Å²) in [4.78, 5) is 19.6. The summed E-state index contributed by atoms with van der Waals surface area (Å²) in [5, 5.41) is 10.3. The third-order valence-electron chi connectivity index (χ3n) is 3.59. The Balaban J connectivity index is 1.65. The number of aryl methyl sites for hydroxylation is 2. The monoisotopic (exact) mass is 306 g/mol. The van der Waals surface area contributed by atoms with E-state index in [1.54, 1.807) is 11.3 Å². The highest BCUT2D eigenvalue weighted by Crippen LogP contribution is 2.27. The van der Waals surface area contributed by atoms with E-state index in [0.717, 1.165) is 30.7 Å². The second-order valence-corrected chi connectivity index (χ2v) is 6.62. The van der Waals surface area contributed by atoms with Gasteiger partial charge in [0, 0.05) is 10.9 Å². The molecule has 0 radical (unpaired) electrons. The number of fused-ring (bicyclic) bond motifs is 1. The van der Waals surface area contributed by atoms with Crippen molar-refractivity contribution in [1.82, 2.24) is 9.88 Å². The van der Waals surface area contributed by atoms with Crippen LogP contribution in [0.2, 0.25) is 0 Å². The Morgan fingerprint density at radius 3 is 2.95 bits per heavy atom. The maximum absolute atomic E-state index is 11.4. The number of hydrogen-bond acceptors (Lipinski definition) is 6. The van der Waals surface area contributed by atoms with Crippen molar-refractivity contribution in [2.24, 2.45) is 0 Å². The molecular formula is C15H18N2O3S. The molecule has 0 fully saturated rings. The molecule has 112 valence electrons. The summed E-state index contributed by atoms with van der Waals surface area (Å²) in [7, 11) is 1.97. The third kappa shape index (κ3) is 3.33. The minimum absolute atomic E-state index is 0.353. The van der Waals surface area contributed by atoms with Crippen LogP contribution < -0.4 is 5.43 Å². The first-order valence-corrected chi connectivity index (χ1v) is 7.90. The number of aromatic nitrogens is 1. The lowest BCUT2D eigenvalue weighted by Crippen LogP contribution is -2.18. The van der Waals surface area contributed by atoms with Crippen molar-refractivity contribution in [3.63, 3.8) is 0 Å². The fraction of sp³-hybridized carbons (Fsp3) is 0.467. The van der Waals surface area contributed by atoms with Gasteiger partial charge in [0.1, 0.15) is 17.0 Å². The Bertz CT molecular complexity index is 669. The van der Waals surface area contributed by atoms with E-state index >= 15 is 0 Å². The Kier molecular flexibility index (Phi) is 4.07. The molecule has 0 aliphatic heterocycles. The molecule has 2 heterocycles. The fourth-order valence-corrected chi connectivity index (χ4v) is 3.79. The summed E-state index contributed by atoms with van der Waals surface area (Å²) in [5.74, 6) is 0.190. The quantitative estimate of drug-likeness (QED) is 0.939. The number of aromatic hydroxyl groups is 1. The van der Waals surface area contributed by atoms with Gasteiger partial charge < -0.3 is 9.52 Å². The first-order chi connectivity index (χ1) is 10.1. The van der Waals surface area contributed by atoms with E-state index in [0.29, 0.717) is 12.3 Å². The topological polar surface area (TPSA) is 66.6 Å². The van der Waals surface area contributed by atoms with E-state index in [-0.39, 0.29) is 5.75 Å². The van der Waals surface area contributed by atoms with Crippen LogP contribution in [0.1, 0.15) is 34.2 Å². The number of hydrogen-bond donors (Lipinski definition) is 1. The van der Waals surface area contributed by atoms with E-state index < -0.39 is 5.43 Å². The summed E-state index contributed by atoms with van der Waals surface area (Å²) in [6.45, 7) is 1.25. The zero-order chi connectivity index (χ0) is 14.8. The van der Waals surface area contributed by atoms with Crippen LogP contribution in [0.15, 0.2) is 21.5 Å². The Labute approximate surface area is 126 Å². The third-order valence-corrected chi connectivity index (χ3v) is 4.73. The van der Waals surface area contributed by atoms with Gasteiger partial charge in [0.05, 0.1) is 18.8 Å². The molecule has 21 heavy (non-hydrogen) atoms. The molecule has 0 aromatic carbocycles. The van der Waals surface area contributed by atoms with Crippen LogP contribution in [-0.4, -0.2) is 22.0 Å². The molecule has 2 aromatic rings. The zero-order valence-corrected chi connectivity index (χ0v) is 12.8. The molecule has 1 aliphatic carbocycles. The predicted octanol–water partition coefficient (Wildman–Crippen LogP) is 2.31. The van der Waals surface area contributed by atoms with Crippen molar-refractivity contribution in [1.29, 1.82) is 0 Å². The van der Waals surface area contributed by atoms with Gasteiger partial charge in [-0.3, -0.25) is 9.69 Å². The number of nitrogens with zero attached hydrogens (tertiary/aromatic N) is 2. The maximum Gasteiger partial charge on any atom is 0.226 e. The molecule has 0 bridgehead atoms. The molecular weight excluding hydrogens is 288 g/mol. The minimum atomic E-state index is -0.408. The lowest BCUT2D eigenvalue weighted by atomic mass is 10.0. The van der Waals surface area contributed by atoms with Gasteiger partial charge >= 0.3 is 0 Å². The van der Waals surface area contributed by atoms with Crippen molar-refractivity contribution in [3.05, 3.63) is 43.9 Å². The lowest BCUT2D eigenvalue weighted by molar-refractivity contribution is 0.280. The second kappa shape index (κ2) is 5.99. The first kappa shape index (κ1) is 14.3. The van der Waals surface area contributed by atoms with Crippen LogP contribution in [-0.2, 0) is 25.9 Å². The molecule has 5 nitrogen and oxygen atoms in total. The summed E-state index contributed by atoms with van der Waals surface area (Å²) in [5.41, 5.74) is 0.861. The van der Waals surface area contributed by atoms with E-state index in [4.69, 9.17) is 9.40 Å². The van der Waals surface area contributed by atoms with Gasteiger partial charge in [-0.1, -0.05) is 0 Å². The molecule has 0 saturated carbocycles. The molecule has 3 rings (SSSR count). The highest BCUT2D eigenvalue weighted by atomic mass is 32.1. The summed E-state index contributed by atoms with van der Waals surface area (Å²) >= 11 is 1.79. The molecule has 0 saturated heterocycles. The molecule has 0 amide bonds. The van der Waals surface area contributed by atoms with E-state index in [1.807, 2.05) is 7.05 Å². The highest BCUT2D eigenvalue weighted by Gasteiger charge is 2.16. The normalized spacial score (nSPS) is 14.4.